The van der Waals surface area contributed by atoms with Crippen molar-refractivity contribution < 1.29 is 14.6 Å². The fourth-order valence-electron chi connectivity index (χ4n) is 1.98. The van der Waals surface area contributed by atoms with E-state index >= 15 is 0 Å². The van der Waals surface area contributed by atoms with Gasteiger partial charge in [0, 0.05) is 0 Å². The highest BCUT2D eigenvalue weighted by Crippen LogP contribution is 2.22. The zero-order chi connectivity index (χ0) is 14.3. The lowest BCUT2D eigenvalue weighted by atomic mass is 10.1. The maximum absolute atomic E-state index is 11.2. The van der Waals surface area contributed by atoms with Gasteiger partial charge >= 0.3 is 5.97 Å². The minimum Gasteiger partial charge on any atom is -0.493 e. The van der Waals surface area contributed by atoms with Gasteiger partial charge in [-0.2, -0.15) is 0 Å². The van der Waals surface area contributed by atoms with E-state index in [0.29, 0.717) is 18.3 Å². The highest BCUT2D eigenvalue weighted by molar-refractivity contribution is 5.90. The van der Waals surface area contributed by atoms with Crippen molar-refractivity contribution in [1.29, 1.82) is 0 Å². The van der Waals surface area contributed by atoms with Gasteiger partial charge in [-0.1, -0.05) is 33.3 Å². The number of aryl methyl sites for hydroxylation is 1. The van der Waals surface area contributed by atoms with Gasteiger partial charge in [-0.05, 0) is 42.9 Å². The monoisotopic (exact) mass is 264 g/mol. The van der Waals surface area contributed by atoms with Crippen LogP contribution in [0.4, 0.5) is 0 Å². The molecular formula is C16H24O3. The molecule has 1 N–H and O–H groups in total. The second kappa shape index (κ2) is 7.82. The zero-order valence-electron chi connectivity index (χ0n) is 12.1. The summed E-state index contributed by atoms with van der Waals surface area (Å²) in [5.41, 5.74) is 1.38. The number of carbonyl (C=O) groups is 1. The van der Waals surface area contributed by atoms with Gasteiger partial charge < -0.3 is 9.84 Å². The number of carboxylic acid groups (broad SMARTS) is 1. The second-order valence-corrected chi connectivity index (χ2v) is 5.27. The number of carboxylic acids is 1. The molecule has 106 valence electrons. The summed E-state index contributed by atoms with van der Waals surface area (Å²) in [6.07, 6.45) is 4.03. The Balaban J connectivity index is 2.71. The predicted octanol–water partition coefficient (Wildman–Crippen LogP) is 4.15. The first-order valence-electron chi connectivity index (χ1n) is 7.03. The molecule has 3 heteroatoms. The van der Waals surface area contributed by atoms with Gasteiger partial charge in [0.25, 0.3) is 0 Å². The maximum Gasteiger partial charge on any atom is 0.339 e. The summed E-state index contributed by atoms with van der Waals surface area (Å²) >= 11 is 0. The molecule has 0 fully saturated rings. The van der Waals surface area contributed by atoms with E-state index in [9.17, 15) is 4.79 Å². The van der Waals surface area contributed by atoms with E-state index in [1.54, 1.807) is 6.07 Å². The summed E-state index contributed by atoms with van der Waals surface area (Å²) in [6.45, 7) is 7.03. The number of hydrogen-bond donors (Lipinski definition) is 1. The van der Waals surface area contributed by atoms with Gasteiger partial charge in [0.1, 0.15) is 11.3 Å². The van der Waals surface area contributed by atoms with Crippen LogP contribution in [0.2, 0.25) is 0 Å². The summed E-state index contributed by atoms with van der Waals surface area (Å²) in [6, 6.07) is 5.38. The van der Waals surface area contributed by atoms with Crippen LogP contribution in [0.15, 0.2) is 18.2 Å². The van der Waals surface area contributed by atoms with Crippen LogP contribution in [0.25, 0.3) is 0 Å². The fourth-order valence-corrected chi connectivity index (χ4v) is 1.98. The van der Waals surface area contributed by atoms with E-state index in [1.807, 2.05) is 12.1 Å². The predicted molar refractivity (Wildman–Crippen MR) is 77.0 cm³/mol. The largest absolute Gasteiger partial charge is 0.493 e. The van der Waals surface area contributed by atoms with Crippen molar-refractivity contribution in [2.24, 2.45) is 5.92 Å². The molecule has 0 amide bonds. The van der Waals surface area contributed by atoms with E-state index in [0.717, 1.165) is 31.2 Å². The van der Waals surface area contributed by atoms with E-state index in [4.69, 9.17) is 9.84 Å². The molecule has 0 heterocycles. The molecule has 0 aliphatic carbocycles. The number of benzene rings is 1. The van der Waals surface area contributed by atoms with Crippen molar-refractivity contribution in [2.75, 3.05) is 6.61 Å². The van der Waals surface area contributed by atoms with Crippen molar-refractivity contribution in [3.05, 3.63) is 29.3 Å². The normalized spacial score (nSPS) is 10.7. The summed E-state index contributed by atoms with van der Waals surface area (Å²) in [5, 5.41) is 9.15. The van der Waals surface area contributed by atoms with Crippen LogP contribution in [0, 0.1) is 5.92 Å². The smallest absolute Gasteiger partial charge is 0.339 e. The van der Waals surface area contributed by atoms with Gasteiger partial charge in [0.05, 0.1) is 6.61 Å². The van der Waals surface area contributed by atoms with Crippen LogP contribution in [-0.4, -0.2) is 17.7 Å². The minimum atomic E-state index is -0.929. The molecule has 0 unspecified atom stereocenters. The lowest BCUT2D eigenvalue weighted by Crippen LogP contribution is -2.06. The van der Waals surface area contributed by atoms with E-state index in [1.165, 1.54) is 0 Å². The van der Waals surface area contributed by atoms with Crippen LogP contribution in [0.3, 0.4) is 0 Å². The van der Waals surface area contributed by atoms with Crippen molar-refractivity contribution in [3.8, 4) is 5.75 Å². The van der Waals surface area contributed by atoms with Crippen molar-refractivity contribution in [2.45, 2.75) is 46.5 Å². The molecule has 0 radical (unpaired) electrons. The van der Waals surface area contributed by atoms with Crippen molar-refractivity contribution in [1.82, 2.24) is 0 Å². The topological polar surface area (TPSA) is 46.5 Å². The summed E-state index contributed by atoms with van der Waals surface area (Å²) in [7, 11) is 0. The lowest BCUT2D eigenvalue weighted by molar-refractivity contribution is 0.0692. The number of ether oxygens (including phenoxy) is 1. The number of aromatic carboxylic acids is 1. The molecule has 0 saturated carbocycles. The zero-order valence-corrected chi connectivity index (χ0v) is 12.1. The first-order chi connectivity index (χ1) is 9.04. The lowest BCUT2D eigenvalue weighted by Gasteiger charge is -2.11. The highest BCUT2D eigenvalue weighted by atomic mass is 16.5. The second-order valence-electron chi connectivity index (χ2n) is 5.27. The third-order valence-corrected chi connectivity index (χ3v) is 3.00. The summed E-state index contributed by atoms with van der Waals surface area (Å²) in [5.74, 6) is 0.220. The van der Waals surface area contributed by atoms with Gasteiger partial charge in [-0.15, -0.1) is 0 Å². The molecule has 1 aromatic carbocycles. The fraction of sp³-hybridized carbons (Fsp3) is 0.562. The Morgan fingerprint density at radius 1 is 1.37 bits per heavy atom. The average molecular weight is 264 g/mol. The Morgan fingerprint density at radius 2 is 2.11 bits per heavy atom. The summed E-state index contributed by atoms with van der Waals surface area (Å²) < 4.78 is 5.66. The van der Waals surface area contributed by atoms with Crippen LogP contribution in [0.1, 0.15) is 56.0 Å². The van der Waals surface area contributed by atoms with Gasteiger partial charge in [0.15, 0.2) is 0 Å². The number of hydrogen-bond acceptors (Lipinski definition) is 2. The quantitative estimate of drug-likeness (QED) is 0.717. The molecule has 1 aromatic rings. The average Bonchev–Trinajstić information content (AvgIpc) is 2.34. The van der Waals surface area contributed by atoms with E-state index in [-0.39, 0.29) is 5.56 Å². The SMILES string of the molecule is CCCc1ccc(C(=O)O)c(OCCCC(C)C)c1. The molecule has 0 bridgehead atoms. The molecular weight excluding hydrogens is 240 g/mol. The van der Waals surface area contributed by atoms with Crippen LogP contribution in [0.5, 0.6) is 5.75 Å². The first-order valence-corrected chi connectivity index (χ1v) is 7.03. The Kier molecular flexibility index (Phi) is 6.40. The third-order valence-electron chi connectivity index (χ3n) is 3.00. The Morgan fingerprint density at radius 3 is 2.68 bits per heavy atom. The standard InChI is InChI=1S/C16H24O3/c1-4-6-13-8-9-14(16(17)18)15(11-13)19-10-5-7-12(2)3/h8-9,11-12H,4-7,10H2,1-3H3,(H,17,18). The molecule has 0 aromatic heterocycles. The Labute approximate surface area is 115 Å². The molecule has 0 saturated heterocycles. The third kappa shape index (κ3) is 5.33. The van der Waals surface area contributed by atoms with Gasteiger partial charge in [0.2, 0.25) is 0 Å². The molecule has 19 heavy (non-hydrogen) atoms. The van der Waals surface area contributed by atoms with Crippen LogP contribution < -0.4 is 4.74 Å². The Hall–Kier alpha value is -1.51. The summed E-state index contributed by atoms with van der Waals surface area (Å²) in [4.78, 5) is 11.2. The Bertz CT molecular complexity index is 410. The van der Waals surface area contributed by atoms with Gasteiger partial charge in [-0.3, -0.25) is 0 Å². The first kappa shape index (κ1) is 15.5. The van der Waals surface area contributed by atoms with Crippen LogP contribution in [-0.2, 0) is 6.42 Å². The van der Waals surface area contributed by atoms with E-state index in [2.05, 4.69) is 20.8 Å². The molecule has 3 nitrogen and oxygen atoms in total. The van der Waals surface area contributed by atoms with E-state index < -0.39 is 5.97 Å². The van der Waals surface area contributed by atoms with Crippen molar-refractivity contribution >= 4 is 5.97 Å². The van der Waals surface area contributed by atoms with Crippen LogP contribution >= 0.6 is 0 Å². The van der Waals surface area contributed by atoms with Gasteiger partial charge in [-0.25, -0.2) is 4.79 Å². The molecule has 0 aliphatic rings. The molecule has 0 spiro atoms. The molecule has 1 rings (SSSR count). The molecule has 0 atom stereocenters. The highest BCUT2D eigenvalue weighted by Gasteiger charge is 2.12. The van der Waals surface area contributed by atoms with Crippen molar-refractivity contribution in [3.63, 3.8) is 0 Å². The maximum atomic E-state index is 11.2. The molecule has 0 aliphatic heterocycles. The minimum absolute atomic E-state index is 0.254. The number of rotatable bonds is 8.